The Bertz CT molecular complexity index is 1120. The van der Waals surface area contributed by atoms with Crippen molar-refractivity contribution < 1.29 is 0 Å². The molecule has 0 bridgehead atoms. The summed E-state index contributed by atoms with van der Waals surface area (Å²) >= 11 is 0.348. The fraction of sp³-hybridized carbons (Fsp3) is 0.200. The van der Waals surface area contributed by atoms with E-state index >= 15 is 0 Å². The monoisotopic (exact) mass is 447 g/mol. The summed E-state index contributed by atoms with van der Waals surface area (Å²) in [5.74, 6) is 0. The molecule has 4 rings (SSSR count). The molecule has 4 heteroatoms. The van der Waals surface area contributed by atoms with Crippen LogP contribution in [0.2, 0.25) is 5.32 Å². The molecule has 0 atom stereocenters. The van der Waals surface area contributed by atoms with Gasteiger partial charge in [-0.25, -0.2) is 0 Å². The van der Waals surface area contributed by atoms with Crippen LogP contribution in [-0.4, -0.2) is 30.0 Å². The topological polar surface area (TPSA) is 30.7 Å². The molecule has 0 fully saturated rings. The third kappa shape index (κ3) is 4.34. The zero-order valence-corrected chi connectivity index (χ0v) is 18.8. The number of fused-ring (bicyclic) bond motifs is 1. The van der Waals surface area contributed by atoms with Gasteiger partial charge in [0.15, 0.2) is 0 Å². The molecule has 0 aliphatic heterocycles. The van der Waals surface area contributed by atoms with Crippen LogP contribution in [0, 0.1) is 5.41 Å². The van der Waals surface area contributed by atoms with E-state index in [1.165, 1.54) is 15.6 Å². The first kappa shape index (κ1) is 19.6. The summed E-state index contributed by atoms with van der Waals surface area (Å²) in [6.45, 7) is 6.89. The van der Waals surface area contributed by atoms with Gasteiger partial charge in [0.25, 0.3) is 0 Å². The quantitative estimate of drug-likeness (QED) is 0.396. The molecule has 0 unspecified atom stereocenters. The normalized spacial score (nSPS) is 12.8. The average molecular weight is 446 g/mol. The molecule has 4 aromatic rings. The molecule has 0 N–H and O–H groups in total. The van der Waals surface area contributed by atoms with E-state index in [1.54, 1.807) is 0 Å². The van der Waals surface area contributed by atoms with E-state index in [-0.39, 0.29) is 5.41 Å². The molecule has 0 radical (unpaired) electrons. The van der Waals surface area contributed by atoms with Gasteiger partial charge < -0.3 is 0 Å². The van der Waals surface area contributed by atoms with Crippen LogP contribution in [0.15, 0.2) is 90.5 Å². The molecule has 146 valence electrons. The first-order chi connectivity index (χ1) is 14.0. The average Bonchev–Trinajstić information content (AvgIpc) is 3.15. The molecule has 0 saturated heterocycles. The molecule has 3 nitrogen and oxygen atoms in total. The van der Waals surface area contributed by atoms with Gasteiger partial charge in [0.2, 0.25) is 0 Å². The van der Waals surface area contributed by atoms with Crippen molar-refractivity contribution in [3.63, 3.8) is 0 Å². The van der Waals surface area contributed by atoms with Gasteiger partial charge >= 0.3 is 179 Å². The summed E-state index contributed by atoms with van der Waals surface area (Å²) in [5, 5.41) is 10.0. The first-order valence-corrected chi connectivity index (χ1v) is 11.9. The summed E-state index contributed by atoms with van der Waals surface area (Å²) < 4.78 is 3.45. The minimum atomic E-state index is 0.00869. The van der Waals surface area contributed by atoms with Crippen LogP contribution in [0.25, 0.3) is 16.7 Å². The van der Waals surface area contributed by atoms with Crippen molar-refractivity contribution >= 4 is 36.1 Å². The zero-order chi connectivity index (χ0) is 20.3. The number of benzene rings is 3. The molecule has 0 spiro atoms. The van der Waals surface area contributed by atoms with Crippen molar-refractivity contribution in [1.82, 2.24) is 15.0 Å². The van der Waals surface area contributed by atoms with E-state index in [1.807, 2.05) is 16.8 Å². The Morgan fingerprint density at radius 2 is 1.45 bits per heavy atom. The predicted octanol–water partition coefficient (Wildman–Crippen LogP) is 5.18. The molecule has 0 saturated carbocycles. The maximum absolute atomic E-state index is 4.58. The van der Waals surface area contributed by atoms with Crippen LogP contribution in [0.1, 0.15) is 26.3 Å². The molecule has 29 heavy (non-hydrogen) atoms. The van der Waals surface area contributed by atoms with Crippen LogP contribution < -0.4 is 4.46 Å². The van der Waals surface area contributed by atoms with E-state index in [4.69, 9.17) is 0 Å². The molecule has 0 aliphatic carbocycles. The number of rotatable bonds is 5. The summed E-state index contributed by atoms with van der Waals surface area (Å²) in [7, 11) is 0. The van der Waals surface area contributed by atoms with Crippen LogP contribution in [-0.2, 0) is 0 Å². The van der Waals surface area contributed by atoms with Crippen LogP contribution in [0.5, 0.6) is 0 Å². The van der Waals surface area contributed by atoms with E-state index < -0.39 is 0 Å². The second-order valence-electron chi connectivity index (χ2n) is 8.03. The third-order valence-electron chi connectivity index (χ3n) is 4.93. The van der Waals surface area contributed by atoms with Gasteiger partial charge in [0.1, 0.15) is 0 Å². The molecular formula is C25H25N3Se. The number of hydrogen-bond acceptors (Lipinski definition) is 2. The van der Waals surface area contributed by atoms with Crippen molar-refractivity contribution in [2.75, 3.05) is 0 Å². The van der Waals surface area contributed by atoms with Crippen molar-refractivity contribution in [2.45, 2.75) is 26.1 Å². The molecule has 0 aliphatic rings. The summed E-state index contributed by atoms with van der Waals surface area (Å²) in [6.07, 6.45) is 0. The first-order valence-electron chi connectivity index (χ1n) is 9.82. The standard InChI is InChI=1S/C25H25N3Se/c1-25(2,3)21(18-29-20-14-8-5-9-15-20)24(19-12-6-4-7-13-19)28-23-17-11-10-16-22(23)26-27-28/h4-17H,18H2,1-3H3/b24-21-. The van der Waals surface area contributed by atoms with Gasteiger partial charge in [-0.2, -0.15) is 0 Å². The Labute approximate surface area is 178 Å². The van der Waals surface area contributed by atoms with E-state index in [0.29, 0.717) is 15.0 Å². The Kier molecular flexibility index (Phi) is 5.66. The molecule has 3 aromatic carbocycles. The molecule has 0 amide bonds. The summed E-state index contributed by atoms with van der Waals surface area (Å²) in [6, 6.07) is 29.6. The van der Waals surface area contributed by atoms with E-state index in [2.05, 4.69) is 104 Å². The molecule has 1 aromatic heterocycles. The second-order valence-corrected chi connectivity index (χ2v) is 10.2. The van der Waals surface area contributed by atoms with Gasteiger partial charge in [-0.1, -0.05) is 0 Å². The van der Waals surface area contributed by atoms with Crippen molar-refractivity contribution in [2.24, 2.45) is 5.41 Å². The Morgan fingerprint density at radius 1 is 0.828 bits per heavy atom. The number of aromatic nitrogens is 3. The summed E-state index contributed by atoms with van der Waals surface area (Å²) in [5.41, 5.74) is 5.71. The van der Waals surface area contributed by atoms with Crippen LogP contribution >= 0.6 is 0 Å². The number of nitrogens with zero attached hydrogens (tertiary/aromatic N) is 3. The number of para-hydroxylation sites is 1. The van der Waals surface area contributed by atoms with Gasteiger partial charge in [-0.3, -0.25) is 0 Å². The predicted molar refractivity (Wildman–Crippen MR) is 122 cm³/mol. The van der Waals surface area contributed by atoms with Gasteiger partial charge in [-0.05, 0) is 0 Å². The van der Waals surface area contributed by atoms with Gasteiger partial charge in [0.05, 0.1) is 0 Å². The Morgan fingerprint density at radius 3 is 2.14 bits per heavy atom. The molecular weight excluding hydrogens is 421 g/mol. The van der Waals surface area contributed by atoms with Crippen molar-refractivity contribution in [1.29, 1.82) is 0 Å². The zero-order valence-electron chi connectivity index (χ0n) is 17.0. The van der Waals surface area contributed by atoms with Crippen LogP contribution in [0.3, 0.4) is 0 Å². The molecule has 1 heterocycles. The third-order valence-corrected chi connectivity index (χ3v) is 7.11. The number of hydrogen-bond donors (Lipinski definition) is 0. The Hall–Kier alpha value is -2.68. The van der Waals surface area contributed by atoms with Crippen LogP contribution in [0.4, 0.5) is 0 Å². The van der Waals surface area contributed by atoms with Crippen molar-refractivity contribution in [3.05, 3.63) is 96.1 Å². The van der Waals surface area contributed by atoms with E-state index in [9.17, 15) is 0 Å². The van der Waals surface area contributed by atoms with Crippen molar-refractivity contribution in [3.8, 4) is 0 Å². The summed E-state index contributed by atoms with van der Waals surface area (Å²) in [4.78, 5) is 0. The van der Waals surface area contributed by atoms with Gasteiger partial charge in [0, 0.05) is 0 Å². The fourth-order valence-electron chi connectivity index (χ4n) is 3.37. The fourth-order valence-corrected chi connectivity index (χ4v) is 5.95. The van der Waals surface area contributed by atoms with E-state index in [0.717, 1.165) is 22.0 Å². The number of allylic oxidation sites excluding steroid dienone is 1. The van der Waals surface area contributed by atoms with Gasteiger partial charge in [-0.15, -0.1) is 0 Å². The minimum absolute atomic E-state index is 0.00869. The SMILES string of the molecule is CC(C)(C)/C(C[Se]c1ccccc1)=C(/c1ccccc1)n1nnc2ccccc21. The maximum atomic E-state index is 4.58. The second kappa shape index (κ2) is 8.36. The Balaban J connectivity index is 1.91.